The minimum absolute atomic E-state index is 0.0734. The lowest BCUT2D eigenvalue weighted by Gasteiger charge is -2.47. The summed E-state index contributed by atoms with van der Waals surface area (Å²) >= 11 is 0. The molecule has 1 aromatic heterocycles. The number of aliphatic hydroxyl groups excluding tert-OH is 1. The molecule has 288 valence electrons. The number of rotatable bonds is 13. The number of fused-ring (bicyclic) bond motifs is 2. The fourth-order valence-electron chi connectivity index (χ4n) is 7.77. The van der Waals surface area contributed by atoms with E-state index in [2.05, 4.69) is 25.8 Å². The minimum atomic E-state index is -3.88. The number of β-amino-alcohol motifs (C(OH)–C–C–N with tert-alkyl or cyclic N) is 1. The molecule has 1 aliphatic carbocycles. The van der Waals surface area contributed by atoms with Crippen LogP contribution in [0.25, 0.3) is 17.0 Å². The van der Waals surface area contributed by atoms with Gasteiger partial charge in [0.15, 0.2) is 9.84 Å². The smallest absolute Gasteiger partial charge is 0.244 e. The van der Waals surface area contributed by atoms with Crippen LogP contribution in [0.3, 0.4) is 0 Å². The average Bonchev–Trinajstić information content (AvgIpc) is 3.51. The van der Waals surface area contributed by atoms with Crippen LogP contribution in [0.2, 0.25) is 0 Å². The number of piperidine rings is 1. The molecule has 1 saturated heterocycles. The lowest BCUT2D eigenvalue weighted by Crippen LogP contribution is -2.64. The maximum Gasteiger partial charge on any atom is 0.244 e. The summed E-state index contributed by atoms with van der Waals surface area (Å²) < 4.78 is 24.5. The number of benzene rings is 2. The number of aromatic nitrogens is 1. The van der Waals surface area contributed by atoms with Crippen LogP contribution >= 0.6 is 0 Å². The zero-order valence-corrected chi connectivity index (χ0v) is 32.7. The molecule has 0 radical (unpaired) electrons. The fourth-order valence-corrected chi connectivity index (χ4v) is 8.36. The molecule has 3 aromatic rings. The van der Waals surface area contributed by atoms with Crippen LogP contribution in [-0.4, -0.2) is 95.0 Å². The van der Waals surface area contributed by atoms with E-state index >= 15 is 0 Å². The Morgan fingerprint density at radius 2 is 1.62 bits per heavy atom. The van der Waals surface area contributed by atoms with E-state index in [0.717, 1.165) is 54.0 Å². The van der Waals surface area contributed by atoms with Crippen molar-refractivity contribution in [2.24, 2.45) is 11.8 Å². The molecule has 1 aliphatic heterocycles. The van der Waals surface area contributed by atoms with Crippen LogP contribution < -0.4 is 16.0 Å². The molecule has 12 heteroatoms. The second kappa shape index (κ2) is 16.6. The van der Waals surface area contributed by atoms with E-state index in [-0.39, 0.29) is 18.9 Å². The number of nitrogens with one attached hydrogen (secondary N) is 4. The highest BCUT2D eigenvalue weighted by atomic mass is 32.2. The zero-order chi connectivity index (χ0) is 38.6. The highest BCUT2D eigenvalue weighted by Gasteiger charge is 2.46. The van der Waals surface area contributed by atoms with Crippen molar-refractivity contribution in [2.75, 3.05) is 19.3 Å². The van der Waals surface area contributed by atoms with Gasteiger partial charge in [-0.1, -0.05) is 67.8 Å². The minimum Gasteiger partial charge on any atom is -0.390 e. The van der Waals surface area contributed by atoms with Crippen molar-refractivity contribution in [2.45, 2.75) is 108 Å². The third-order valence-corrected chi connectivity index (χ3v) is 13.2. The molecule has 2 aliphatic rings. The van der Waals surface area contributed by atoms with Crippen molar-refractivity contribution in [3.8, 4) is 0 Å². The normalized spacial score (nSPS) is 21.8. The first kappa shape index (κ1) is 40.2. The molecule has 5 rings (SSSR count). The van der Waals surface area contributed by atoms with Gasteiger partial charge >= 0.3 is 0 Å². The lowest BCUT2D eigenvalue weighted by molar-refractivity contribution is -0.133. The van der Waals surface area contributed by atoms with Gasteiger partial charge in [0.25, 0.3) is 0 Å². The molecule has 3 amide bonds. The van der Waals surface area contributed by atoms with Gasteiger partial charge in [0.2, 0.25) is 17.7 Å². The molecule has 2 heterocycles. The predicted molar refractivity (Wildman–Crippen MR) is 210 cm³/mol. The first-order chi connectivity index (χ1) is 24.9. The average molecular weight is 748 g/mol. The number of carbonyl (C=O) groups excluding carboxylic acids is 3. The molecule has 11 nitrogen and oxygen atoms in total. The van der Waals surface area contributed by atoms with E-state index in [1.807, 2.05) is 75.4 Å². The van der Waals surface area contributed by atoms with Crippen molar-refractivity contribution in [3.63, 3.8) is 0 Å². The summed E-state index contributed by atoms with van der Waals surface area (Å²) in [5.74, 6) is -0.585. The number of aromatic amines is 1. The van der Waals surface area contributed by atoms with Crippen LogP contribution in [0.5, 0.6) is 0 Å². The number of likely N-dealkylation sites (tertiary alicyclic amines) is 1. The van der Waals surface area contributed by atoms with Gasteiger partial charge in [-0.15, -0.1) is 0 Å². The van der Waals surface area contributed by atoms with Crippen LogP contribution in [0, 0.1) is 11.8 Å². The van der Waals surface area contributed by atoms with Gasteiger partial charge in [-0.05, 0) is 89.0 Å². The summed E-state index contributed by atoms with van der Waals surface area (Å²) in [6.07, 6.45) is 9.99. The van der Waals surface area contributed by atoms with Gasteiger partial charge < -0.3 is 26.0 Å². The Morgan fingerprint density at radius 1 is 0.962 bits per heavy atom. The van der Waals surface area contributed by atoms with Gasteiger partial charge in [-0.3, -0.25) is 19.3 Å². The maximum atomic E-state index is 14.3. The number of carbonyl (C=O) groups is 3. The van der Waals surface area contributed by atoms with Crippen molar-refractivity contribution in [3.05, 3.63) is 78.0 Å². The molecular weight excluding hydrogens is 691 g/mol. The number of nitrogens with zero attached hydrogens (tertiary/aromatic N) is 1. The Labute approximate surface area is 314 Å². The number of sulfone groups is 1. The third-order valence-electron chi connectivity index (χ3n) is 11.1. The van der Waals surface area contributed by atoms with Crippen LogP contribution in [0.4, 0.5) is 0 Å². The number of hydrogen-bond donors (Lipinski definition) is 5. The Balaban J connectivity index is 1.40. The number of hydrogen-bond acceptors (Lipinski definition) is 7. The van der Waals surface area contributed by atoms with Crippen molar-refractivity contribution < 1.29 is 27.9 Å². The van der Waals surface area contributed by atoms with Gasteiger partial charge in [-0.2, -0.15) is 0 Å². The highest BCUT2D eigenvalue weighted by molar-refractivity contribution is 7.92. The predicted octanol–water partition coefficient (Wildman–Crippen LogP) is 4.37. The molecule has 53 heavy (non-hydrogen) atoms. The molecule has 5 N–H and O–H groups in total. The summed E-state index contributed by atoms with van der Waals surface area (Å²) in [4.78, 5) is 46.6. The Hall–Kier alpha value is -4.00. The first-order valence-electron chi connectivity index (χ1n) is 18.8. The van der Waals surface area contributed by atoms with Gasteiger partial charge in [0.05, 0.1) is 22.9 Å². The van der Waals surface area contributed by atoms with Crippen LogP contribution in [0.1, 0.15) is 77.8 Å². The molecular formula is C41H57N5O6S. The monoisotopic (exact) mass is 747 g/mol. The number of H-pyrrole nitrogens is 1. The van der Waals surface area contributed by atoms with Crippen molar-refractivity contribution in [1.82, 2.24) is 25.8 Å². The molecule has 1 saturated carbocycles. The van der Waals surface area contributed by atoms with E-state index in [1.54, 1.807) is 12.3 Å². The fraction of sp³-hybridized carbons (Fsp3) is 0.537. The second-order valence-electron chi connectivity index (χ2n) is 16.6. The summed E-state index contributed by atoms with van der Waals surface area (Å²) in [7, 11) is -3.88. The summed E-state index contributed by atoms with van der Waals surface area (Å²) in [5.41, 5.74) is 2.09. The Morgan fingerprint density at radius 3 is 2.30 bits per heavy atom. The summed E-state index contributed by atoms with van der Waals surface area (Å²) in [5, 5.41) is 21.7. The number of aliphatic hydroxyl groups is 1. The van der Waals surface area contributed by atoms with Crippen LogP contribution in [-0.2, 0) is 30.6 Å². The van der Waals surface area contributed by atoms with Gasteiger partial charge in [0, 0.05) is 48.1 Å². The highest BCUT2D eigenvalue weighted by Crippen LogP contribution is 2.39. The summed E-state index contributed by atoms with van der Waals surface area (Å²) in [6, 6.07) is 14.3. The first-order valence-corrected chi connectivity index (χ1v) is 20.6. The van der Waals surface area contributed by atoms with Crippen molar-refractivity contribution >= 4 is 44.5 Å². The molecule has 2 fully saturated rings. The van der Waals surface area contributed by atoms with Gasteiger partial charge in [0.1, 0.15) is 6.04 Å². The largest absolute Gasteiger partial charge is 0.390 e. The van der Waals surface area contributed by atoms with E-state index in [1.165, 1.54) is 19.9 Å². The third kappa shape index (κ3) is 10.2. The van der Waals surface area contributed by atoms with E-state index in [9.17, 15) is 27.9 Å². The SMILES string of the molecule is CC(C)(C)NC(=O)C1CC2CCCCC2CN1CC(O)C(Cc1ccccc1)NC(=O)C(NC(=O)/C=C/c1c[nH]c2ccccc12)C(C)(C)S(C)(=O)=O. The van der Waals surface area contributed by atoms with E-state index < -0.39 is 56.2 Å². The standard InChI is InChI=1S/C41H57N5O6S/c1-40(2,3)45-38(49)34-23-28-16-10-11-17-30(28)25-46(34)26-35(47)33(22-27-14-8-7-9-15-27)43-39(50)37(41(4,5)53(6,51)52)44-36(48)21-20-29-24-42-32-19-13-12-18-31(29)32/h7-9,12-15,18-21,24,28,30,33-35,37,42,47H,10-11,16-17,22-23,25-26H2,1-6H3,(H,43,50)(H,44,48)(H,45,49)/b21-20+. The van der Waals surface area contributed by atoms with E-state index in [0.29, 0.717) is 24.8 Å². The van der Waals surface area contributed by atoms with Gasteiger partial charge in [-0.25, -0.2) is 8.42 Å². The maximum absolute atomic E-state index is 14.3. The second-order valence-corrected chi connectivity index (χ2v) is 19.2. The molecule has 0 bridgehead atoms. The molecule has 6 unspecified atom stereocenters. The van der Waals surface area contributed by atoms with Crippen molar-refractivity contribution in [1.29, 1.82) is 0 Å². The van der Waals surface area contributed by atoms with Crippen LogP contribution in [0.15, 0.2) is 66.9 Å². The molecule has 2 aromatic carbocycles. The Kier molecular flexibility index (Phi) is 12.6. The number of amides is 3. The quantitative estimate of drug-likeness (QED) is 0.162. The molecule has 0 spiro atoms. The topological polar surface area (TPSA) is 161 Å². The number of para-hydroxylation sites is 1. The Bertz CT molecular complexity index is 1880. The van der Waals surface area contributed by atoms with E-state index in [4.69, 9.17) is 0 Å². The molecule has 6 atom stereocenters. The zero-order valence-electron chi connectivity index (χ0n) is 31.9. The lowest BCUT2D eigenvalue weighted by atomic mass is 9.72. The summed E-state index contributed by atoms with van der Waals surface area (Å²) in [6.45, 7) is 9.46.